The Labute approximate surface area is 101 Å². The van der Waals surface area contributed by atoms with Crippen LogP contribution in [0.25, 0.3) is 0 Å². The Balaban J connectivity index is 2.53. The van der Waals surface area contributed by atoms with Crippen LogP contribution in [0.15, 0.2) is 18.2 Å². The van der Waals surface area contributed by atoms with E-state index in [-0.39, 0.29) is 11.9 Å². The molecule has 2 nitrogen and oxygen atoms in total. The number of hydrogen-bond donors (Lipinski definition) is 1. The molecule has 1 aromatic rings. The maximum absolute atomic E-state index is 12.9. The number of halogens is 2. The first-order valence-electron chi connectivity index (χ1n) is 5.20. The quantitative estimate of drug-likeness (QED) is 0.778. The maximum atomic E-state index is 12.9. The first kappa shape index (κ1) is 13.4. The summed E-state index contributed by atoms with van der Waals surface area (Å²) in [7, 11) is 1.64. The summed E-state index contributed by atoms with van der Waals surface area (Å²) in [5.74, 6) is 0.292. The molecule has 0 aliphatic carbocycles. The van der Waals surface area contributed by atoms with Crippen molar-refractivity contribution >= 4 is 11.6 Å². The Morgan fingerprint density at radius 1 is 1.50 bits per heavy atom. The van der Waals surface area contributed by atoms with E-state index in [9.17, 15) is 4.39 Å². The van der Waals surface area contributed by atoms with Crippen molar-refractivity contribution in [2.24, 2.45) is 0 Å². The van der Waals surface area contributed by atoms with Crippen molar-refractivity contribution in [2.75, 3.05) is 19.6 Å². The summed E-state index contributed by atoms with van der Waals surface area (Å²) >= 11 is 5.78. The Morgan fingerprint density at radius 3 is 2.81 bits per heavy atom. The smallest absolute Gasteiger partial charge is 0.123 e. The fourth-order valence-electron chi connectivity index (χ4n) is 1.47. The maximum Gasteiger partial charge on any atom is 0.123 e. The number of benzene rings is 1. The molecule has 0 fully saturated rings. The van der Waals surface area contributed by atoms with E-state index in [0.717, 1.165) is 11.1 Å². The van der Waals surface area contributed by atoms with Crippen LogP contribution in [0.2, 0.25) is 0 Å². The van der Waals surface area contributed by atoms with E-state index in [2.05, 4.69) is 5.32 Å². The van der Waals surface area contributed by atoms with Gasteiger partial charge in [-0.1, -0.05) is 6.07 Å². The zero-order valence-electron chi connectivity index (χ0n) is 9.59. The monoisotopic (exact) mass is 245 g/mol. The van der Waals surface area contributed by atoms with Crippen LogP contribution in [0, 0.1) is 12.7 Å². The minimum Gasteiger partial charge on any atom is -0.383 e. The van der Waals surface area contributed by atoms with Crippen LogP contribution in [0.1, 0.15) is 11.1 Å². The van der Waals surface area contributed by atoms with Crippen molar-refractivity contribution < 1.29 is 9.13 Å². The highest BCUT2D eigenvalue weighted by Crippen LogP contribution is 2.10. The van der Waals surface area contributed by atoms with Gasteiger partial charge in [0.05, 0.1) is 6.61 Å². The third-order valence-corrected chi connectivity index (χ3v) is 2.81. The van der Waals surface area contributed by atoms with Gasteiger partial charge in [0.25, 0.3) is 0 Å². The Kier molecular flexibility index (Phi) is 5.74. The molecule has 16 heavy (non-hydrogen) atoms. The molecule has 0 aliphatic rings. The molecule has 90 valence electrons. The molecule has 0 heterocycles. The number of alkyl halides is 1. The van der Waals surface area contributed by atoms with Gasteiger partial charge in [0, 0.05) is 25.6 Å². The van der Waals surface area contributed by atoms with E-state index in [1.54, 1.807) is 13.2 Å². The Morgan fingerprint density at radius 2 is 2.25 bits per heavy atom. The lowest BCUT2D eigenvalue weighted by Crippen LogP contribution is -2.34. The number of nitrogens with one attached hydrogen (secondary N) is 1. The second-order valence-corrected chi connectivity index (χ2v) is 4.07. The highest BCUT2D eigenvalue weighted by Gasteiger charge is 2.07. The normalized spacial score (nSPS) is 12.8. The van der Waals surface area contributed by atoms with Crippen LogP contribution >= 0.6 is 11.6 Å². The van der Waals surface area contributed by atoms with Gasteiger partial charge in [-0.2, -0.15) is 0 Å². The van der Waals surface area contributed by atoms with E-state index < -0.39 is 0 Å². The highest BCUT2D eigenvalue weighted by molar-refractivity contribution is 6.18. The second-order valence-electron chi connectivity index (χ2n) is 3.76. The van der Waals surface area contributed by atoms with Crippen LogP contribution in [0.4, 0.5) is 4.39 Å². The zero-order chi connectivity index (χ0) is 12.0. The number of rotatable bonds is 6. The molecule has 0 aromatic heterocycles. The van der Waals surface area contributed by atoms with Crippen molar-refractivity contribution in [1.82, 2.24) is 5.32 Å². The van der Waals surface area contributed by atoms with E-state index in [4.69, 9.17) is 16.3 Å². The summed E-state index contributed by atoms with van der Waals surface area (Å²) in [5.41, 5.74) is 2.02. The van der Waals surface area contributed by atoms with E-state index >= 15 is 0 Å². The summed E-state index contributed by atoms with van der Waals surface area (Å²) in [5, 5.41) is 3.27. The molecular weight excluding hydrogens is 229 g/mol. The predicted molar refractivity (Wildman–Crippen MR) is 64.4 cm³/mol. The van der Waals surface area contributed by atoms with Crippen molar-refractivity contribution in [3.8, 4) is 0 Å². The van der Waals surface area contributed by atoms with Crippen LogP contribution in [0.3, 0.4) is 0 Å². The standard InChI is InChI=1S/C12H17ClFNO/c1-9-5-11(14)4-3-10(9)7-15-12(6-13)8-16-2/h3-5,12,15H,6-8H2,1-2H3. The third-order valence-electron chi connectivity index (χ3n) is 2.44. The summed E-state index contributed by atoms with van der Waals surface area (Å²) < 4.78 is 17.9. The number of hydrogen-bond acceptors (Lipinski definition) is 2. The fourth-order valence-corrected chi connectivity index (χ4v) is 1.67. The molecule has 0 saturated heterocycles. The van der Waals surface area contributed by atoms with Gasteiger partial charge in [-0.05, 0) is 30.2 Å². The van der Waals surface area contributed by atoms with Crippen molar-refractivity contribution in [1.29, 1.82) is 0 Å². The molecule has 1 unspecified atom stereocenters. The molecule has 0 aliphatic heterocycles. The van der Waals surface area contributed by atoms with Crippen LogP contribution in [-0.4, -0.2) is 25.6 Å². The Bertz CT molecular complexity index is 333. The SMILES string of the molecule is COCC(CCl)NCc1ccc(F)cc1C. The second kappa shape index (κ2) is 6.84. The lowest BCUT2D eigenvalue weighted by atomic mass is 10.1. The Hall–Kier alpha value is -0.640. The molecule has 0 bridgehead atoms. The summed E-state index contributed by atoms with van der Waals surface area (Å²) in [6.45, 7) is 3.14. The number of aryl methyl sites for hydroxylation is 1. The van der Waals surface area contributed by atoms with Crippen LogP contribution in [0.5, 0.6) is 0 Å². The van der Waals surface area contributed by atoms with Gasteiger partial charge in [0.2, 0.25) is 0 Å². The number of ether oxygens (including phenoxy) is 1. The average Bonchev–Trinajstić information content (AvgIpc) is 2.26. The largest absolute Gasteiger partial charge is 0.383 e. The molecule has 1 N–H and O–H groups in total. The van der Waals surface area contributed by atoms with Gasteiger partial charge < -0.3 is 10.1 Å². The zero-order valence-corrected chi connectivity index (χ0v) is 10.4. The lowest BCUT2D eigenvalue weighted by Gasteiger charge is -2.15. The topological polar surface area (TPSA) is 21.3 Å². The van der Waals surface area contributed by atoms with E-state index in [1.165, 1.54) is 12.1 Å². The van der Waals surface area contributed by atoms with E-state index in [1.807, 2.05) is 6.92 Å². The molecule has 0 saturated carbocycles. The molecule has 1 aromatic carbocycles. The molecule has 1 atom stereocenters. The molecule has 1 rings (SSSR count). The fraction of sp³-hybridized carbons (Fsp3) is 0.500. The summed E-state index contributed by atoms with van der Waals surface area (Å²) in [4.78, 5) is 0. The van der Waals surface area contributed by atoms with E-state index in [0.29, 0.717) is 19.0 Å². The number of methoxy groups -OCH3 is 1. The van der Waals surface area contributed by atoms with Gasteiger partial charge in [-0.3, -0.25) is 0 Å². The van der Waals surface area contributed by atoms with Gasteiger partial charge in [-0.25, -0.2) is 4.39 Å². The first-order valence-corrected chi connectivity index (χ1v) is 5.74. The molecule has 0 radical (unpaired) electrons. The van der Waals surface area contributed by atoms with Gasteiger partial charge in [-0.15, -0.1) is 11.6 Å². The first-order chi connectivity index (χ1) is 7.67. The molecule has 4 heteroatoms. The lowest BCUT2D eigenvalue weighted by molar-refractivity contribution is 0.172. The van der Waals surface area contributed by atoms with Crippen LogP contribution < -0.4 is 5.32 Å². The molecular formula is C12H17ClFNO. The van der Waals surface area contributed by atoms with Crippen molar-refractivity contribution in [2.45, 2.75) is 19.5 Å². The average molecular weight is 246 g/mol. The van der Waals surface area contributed by atoms with Crippen LogP contribution in [-0.2, 0) is 11.3 Å². The molecule has 0 amide bonds. The summed E-state index contributed by atoms with van der Waals surface area (Å²) in [6.07, 6.45) is 0. The highest BCUT2D eigenvalue weighted by atomic mass is 35.5. The van der Waals surface area contributed by atoms with Gasteiger partial charge >= 0.3 is 0 Å². The van der Waals surface area contributed by atoms with Gasteiger partial charge in [0.1, 0.15) is 5.82 Å². The third kappa shape index (κ3) is 4.08. The van der Waals surface area contributed by atoms with Crippen molar-refractivity contribution in [3.63, 3.8) is 0 Å². The summed E-state index contributed by atoms with van der Waals surface area (Å²) in [6, 6.07) is 4.91. The minimum absolute atomic E-state index is 0.121. The van der Waals surface area contributed by atoms with Gasteiger partial charge in [0.15, 0.2) is 0 Å². The minimum atomic E-state index is -0.202. The predicted octanol–water partition coefficient (Wildman–Crippen LogP) is 2.48. The van der Waals surface area contributed by atoms with Crippen molar-refractivity contribution in [3.05, 3.63) is 35.1 Å². The molecule has 0 spiro atoms.